The van der Waals surface area contributed by atoms with E-state index in [1.807, 2.05) is 72.8 Å². The maximum absolute atomic E-state index is 12.6. The molecule has 0 bridgehead atoms. The summed E-state index contributed by atoms with van der Waals surface area (Å²) in [6.07, 6.45) is 8.81. The summed E-state index contributed by atoms with van der Waals surface area (Å²) in [6.45, 7) is 1.23. The summed E-state index contributed by atoms with van der Waals surface area (Å²) in [5, 5.41) is 10.8. The van der Waals surface area contributed by atoms with Crippen LogP contribution in [0.25, 0.3) is 0 Å². The van der Waals surface area contributed by atoms with Crippen LogP contribution in [-0.2, 0) is 4.84 Å². The van der Waals surface area contributed by atoms with Crippen LogP contribution in [0.15, 0.2) is 78.0 Å². The lowest BCUT2D eigenvalue weighted by molar-refractivity contribution is 0.0853. The highest BCUT2D eigenvalue weighted by molar-refractivity contribution is 6.02. The van der Waals surface area contributed by atoms with Crippen LogP contribution in [0.5, 0.6) is 40.2 Å². The molecule has 2 aliphatic rings. The summed E-state index contributed by atoms with van der Waals surface area (Å²) in [4.78, 5) is 18.4. The number of rotatable bonds is 21. The fourth-order valence-electron chi connectivity index (χ4n) is 6.97. The number of hydrogen-bond acceptors (Lipinski definition) is 11. The number of anilines is 1. The number of unbranched alkanes of at least 4 members (excludes halogenated alkanes) is 7. The monoisotopic (exact) mass is 767 g/mol. The maximum Gasteiger partial charge on any atom is 0.255 e. The molecule has 298 valence electrons. The van der Waals surface area contributed by atoms with E-state index in [-0.39, 0.29) is 18.2 Å². The van der Waals surface area contributed by atoms with Crippen molar-refractivity contribution in [3.63, 3.8) is 0 Å². The third kappa shape index (κ3) is 9.71. The minimum Gasteiger partial charge on any atom is -0.493 e. The summed E-state index contributed by atoms with van der Waals surface area (Å²) >= 11 is 0. The highest BCUT2D eigenvalue weighted by Crippen LogP contribution is 2.42. The van der Waals surface area contributed by atoms with Crippen molar-refractivity contribution in [1.29, 1.82) is 0 Å². The Balaban J connectivity index is 0.860. The van der Waals surface area contributed by atoms with E-state index in [4.69, 9.17) is 38.0 Å². The molecule has 4 aromatic rings. The van der Waals surface area contributed by atoms with Gasteiger partial charge in [0.1, 0.15) is 6.17 Å². The number of nitrogens with one attached hydrogen (secondary N) is 2. The molecule has 2 atom stereocenters. The van der Waals surface area contributed by atoms with Crippen LogP contribution in [0.2, 0.25) is 0 Å². The fourth-order valence-corrected chi connectivity index (χ4v) is 6.97. The molecule has 56 heavy (non-hydrogen) atoms. The van der Waals surface area contributed by atoms with E-state index in [1.54, 1.807) is 35.5 Å². The molecule has 2 N–H and O–H groups in total. The SMILES string of the molecule is COc1cc(C2NC(=O)c3ccccc3N2)ccc1OCCCCCCCCCCOc1cc(C2=NOC(c3cc(OC)c(OC)c(OC)c3)C2)ccc1OC. The Bertz CT molecular complexity index is 1940. The van der Waals surface area contributed by atoms with Crippen molar-refractivity contribution in [3.05, 3.63) is 95.1 Å². The zero-order valence-corrected chi connectivity index (χ0v) is 33.0. The molecule has 0 saturated heterocycles. The third-order valence-corrected chi connectivity index (χ3v) is 10.0. The molecule has 4 aromatic carbocycles. The van der Waals surface area contributed by atoms with Crippen LogP contribution < -0.4 is 43.8 Å². The number of oxime groups is 1. The van der Waals surface area contributed by atoms with E-state index in [0.717, 1.165) is 53.8 Å². The molecule has 6 rings (SSSR count). The number of benzene rings is 4. The standard InChI is InChI=1S/C44H53N3O9/c1-49-35-20-18-29(34-28-37(56-47-34)31-26-40(51-3)42(53-5)41(27-31)52-4)24-39(35)55-23-15-11-9-7-6-8-10-14-22-54-36-21-19-30(25-38(36)50-2)43-45-33-17-13-12-16-32(33)44(48)46-43/h12-13,16-21,24-27,37,43,45H,6-11,14-15,22-23,28H2,1-5H3,(H,46,48). The predicted octanol–water partition coefficient (Wildman–Crippen LogP) is 9.03. The minimum atomic E-state index is -0.347. The largest absolute Gasteiger partial charge is 0.493 e. The van der Waals surface area contributed by atoms with Gasteiger partial charge in [-0.3, -0.25) is 4.79 Å². The summed E-state index contributed by atoms with van der Waals surface area (Å²) < 4.78 is 40.0. The molecule has 12 heteroatoms. The average Bonchev–Trinajstić information content (AvgIpc) is 3.74. The Morgan fingerprint density at radius 1 is 0.607 bits per heavy atom. The molecule has 0 spiro atoms. The Labute approximate surface area is 329 Å². The maximum atomic E-state index is 12.6. The van der Waals surface area contributed by atoms with Gasteiger partial charge in [-0.05, 0) is 73.0 Å². The van der Waals surface area contributed by atoms with Gasteiger partial charge in [0, 0.05) is 23.2 Å². The molecule has 2 heterocycles. The molecule has 0 aliphatic carbocycles. The lowest BCUT2D eigenvalue weighted by Crippen LogP contribution is -2.38. The topological polar surface area (TPSA) is 127 Å². The quantitative estimate of drug-likeness (QED) is 0.0793. The van der Waals surface area contributed by atoms with Crippen LogP contribution in [0.3, 0.4) is 0 Å². The van der Waals surface area contributed by atoms with Crippen LogP contribution >= 0.6 is 0 Å². The second-order valence-electron chi connectivity index (χ2n) is 13.7. The number of hydrogen-bond donors (Lipinski definition) is 2. The number of carbonyl (C=O) groups is 1. The highest BCUT2D eigenvalue weighted by Gasteiger charge is 2.28. The van der Waals surface area contributed by atoms with E-state index in [9.17, 15) is 4.79 Å². The van der Waals surface area contributed by atoms with E-state index >= 15 is 0 Å². The number of fused-ring (bicyclic) bond motifs is 1. The summed E-state index contributed by atoms with van der Waals surface area (Å²) in [6, 6.07) is 22.9. The van der Waals surface area contributed by atoms with E-state index < -0.39 is 0 Å². The number of carbonyl (C=O) groups excluding carboxylic acids is 1. The molecule has 0 aromatic heterocycles. The molecule has 2 unspecified atom stereocenters. The van der Waals surface area contributed by atoms with Crippen LogP contribution in [0.1, 0.15) is 97.1 Å². The molecule has 0 fully saturated rings. The summed E-state index contributed by atoms with van der Waals surface area (Å²) in [7, 11) is 8.05. The van der Waals surface area contributed by atoms with Crippen LogP contribution in [0, 0.1) is 0 Å². The predicted molar refractivity (Wildman–Crippen MR) is 215 cm³/mol. The summed E-state index contributed by atoms with van der Waals surface area (Å²) in [5.74, 6) is 4.30. The molecular formula is C44H53N3O9. The molecule has 1 amide bonds. The summed E-state index contributed by atoms with van der Waals surface area (Å²) in [5.41, 5.74) is 4.98. The van der Waals surface area contributed by atoms with E-state index in [1.165, 1.54) is 25.7 Å². The minimum absolute atomic E-state index is 0.103. The molecule has 0 radical (unpaired) electrons. The first-order valence-electron chi connectivity index (χ1n) is 19.3. The first kappa shape index (κ1) is 39.9. The van der Waals surface area contributed by atoms with Gasteiger partial charge in [0.15, 0.2) is 40.6 Å². The van der Waals surface area contributed by atoms with Crippen molar-refractivity contribution in [2.75, 3.05) is 54.1 Å². The van der Waals surface area contributed by atoms with Crippen LogP contribution in [-0.4, -0.2) is 60.4 Å². The lowest BCUT2D eigenvalue weighted by Gasteiger charge is -2.28. The zero-order valence-electron chi connectivity index (χ0n) is 33.0. The Hall–Kier alpha value is -5.78. The Morgan fingerprint density at radius 2 is 1.21 bits per heavy atom. The van der Waals surface area contributed by atoms with E-state index in [0.29, 0.717) is 65.4 Å². The first-order valence-corrected chi connectivity index (χ1v) is 19.3. The van der Waals surface area contributed by atoms with Gasteiger partial charge >= 0.3 is 0 Å². The highest BCUT2D eigenvalue weighted by atomic mass is 16.6. The van der Waals surface area contributed by atoms with Crippen LogP contribution in [0.4, 0.5) is 5.69 Å². The normalized spacial score (nSPS) is 15.7. The van der Waals surface area contributed by atoms with Crippen molar-refractivity contribution in [3.8, 4) is 40.2 Å². The van der Waals surface area contributed by atoms with Gasteiger partial charge in [0.2, 0.25) is 5.75 Å². The Morgan fingerprint density at radius 3 is 1.88 bits per heavy atom. The molecule has 0 saturated carbocycles. The second kappa shape index (κ2) is 19.7. The molecule has 2 aliphatic heterocycles. The van der Waals surface area contributed by atoms with Gasteiger partial charge in [-0.1, -0.05) is 61.9 Å². The van der Waals surface area contributed by atoms with Gasteiger partial charge < -0.3 is 48.6 Å². The van der Waals surface area contributed by atoms with Crippen molar-refractivity contribution in [2.24, 2.45) is 5.16 Å². The number of nitrogens with zero attached hydrogens (tertiary/aromatic N) is 1. The number of methoxy groups -OCH3 is 5. The molecular weight excluding hydrogens is 714 g/mol. The fraction of sp³-hybridized carbons (Fsp3) is 0.409. The van der Waals surface area contributed by atoms with E-state index in [2.05, 4.69) is 15.8 Å². The third-order valence-electron chi connectivity index (χ3n) is 10.0. The second-order valence-corrected chi connectivity index (χ2v) is 13.7. The van der Waals surface area contributed by atoms with Gasteiger partial charge in [-0.15, -0.1) is 0 Å². The number of amides is 1. The molecule has 12 nitrogen and oxygen atoms in total. The van der Waals surface area contributed by atoms with Gasteiger partial charge in [-0.2, -0.15) is 0 Å². The first-order chi connectivity index (χ1) is 27.5. The van der Waals surface area contributed by atoms with Gasteiger partial charge in [0.25, 0.3) is 5.91 Å². The average molecular weight is 768 g/mol. The zero-order chi connectivity index (χ0) is 39.3. The number of ether oxygens (including phenoxy) is 7. The Kier molecular flexibility index (Phi) is 14.0. The number of para-hydroxylation sites is 1. The van der Waals surface area contributed by atoms with Crippen molar-refractivity contribution in [2.45, 2.75) is 70.1 Å². The van der Waals surface area contributed by atoms with Gasteiger partial charge in [-0.25, -0.2) is 0 Å². The van der Waals surface area contributed by atoms with Gasteiger partial charge in [0.05, 0.1) is 60.0 Å². The smallest absolute Gasteiger partial charge is 0.255 e. The van der Waals surface area contributed by atoms with Crippen molar-refractivity contribution < 1.29 is 42.8 Å². The van der Waals surface area contributed by atoms with Crippen molar-refractivity contribution in [1.82, 2.24) is 5.32 Å². The van der Waals surface area contributed by atoms with Crippen molar-refractivity contribution >= 4 is 17.3 Å². The lowest BCUT2D eigenvalue weighted by atomic mass is 9.99.